The molecule has 1 fully saturated rings. The molecule has 1 saturated heterocycles. The van der Waals surface area contributed by atoms with Crippen LogP contribution in [0, 0.1) is 0 Å². The molecule has 36 heavy (non-hydrogen) atoms. The fourth-order valence-corrected chi connectivity index (χ4v) is 5.91. The van der Waals surface area contributed by atoms with E-state index >= 15 is 0 Å². The molecule has 12 heteroatoms. The molecule has 3 rings (SSSR count). The number of imidazole rings is 1. The molecule has 1 aliphatic rings. The highest BCUT2D eigenvalue weighted by Gasteiger charge is 2.47. The molecule has 0 aromatic carbocycles. The van der Waals surface area contributed by atoms with E-state index in [0.717, 1.165) is 0 Å². The Morgan fingerprint density at radius 3 is 2.28 bits per heavy atom. The number of rotatable bonds is 7. The summed E-state index contributed by atoms with van der Waals surface area (Å²) in [7, 11) is -2.80. The lowest BCUT2D eigenvalue weighted by atomic mass is 10.2. The molecule has 1 aliphatic heterocycles. The summed E-state index contributed by atoms with van der Waals surface area (Å²) in [6.45, 7) is 22.8. The maximum Gasteiger partial charge on any atom is 0.376 e. The van der Waals surface area contributed by atoms with Crippen LogP contribution in [0.4, 0.5) is 5.82 Å². The van der Waals surface area contributed by atoms with Gasteiger partial charge >= 0.3 is 5.97 Å². The molecule has 2 N–H and O–H groups in total. The zero-order valence-corrected chi connectivity index (χ0v) is 25.6. The van der Waals surface area contributed by atoms with E-state index in [2.05, 4.69) is 82.7 Å². The first kappa shape index (κ1) is 28.7. The number of esters is 1. The average Bonchev–Trinajstić information content (AvgIpc) is 3.33. The van der Waals surface area contributed by atoms with E-state index in [1.54, 1.807) is 10.9 Å². The summed E-state index contributed by atoms with van der Waals surface area (Å²) in [5.41, 5.74) is 6.91. The first-order chi connectivity index (χ1) is 16.4. The maximum atomic E-state index is 12.1. The molecule has 2 aromatic rings. The lowest BCUT2D eigenvalue weighted by Gasteiger charge is -2.40. The lowest BCUT2D eigenvalue weighted by Crippen LogP contribution is -2.48. The van der Waals surface area contributed by atoms with Crippen LogP contribution in [-0.4, -0.2) is 68.0 Å². The predicted molar refractivity (Wildman–Crippen MR) is 145 cm³/mol. The number of nitrogens with zero attached hydrogens (tertiary/aromatic N) is 4. The molecule has 0 saturated carbocycles. The van der Waals surface area contributed by atoms with Gasteiger partial charge in [-0.2, -0.15) is 0 Å². The first-order valence-electron chi connectivity index (χ1n) is 12.4. The number of carbonyl (C=O) groups excluding carboxylic acids is 1. The molecule has 3 atom stereocenters. The van der Waals surface area contributed by atoms with Crippen LogP contribution in [0.2, 0.25) is 36.3 Å². The Kier molecular flexibility index (Phi) is 7.80. The molecular formula is C24H43N5O5Si2. The van der Waals surface area contributed by atoms with Crippen LogP contribution < -0.4 is 5.73 Å². The molecule has 202 valence electrons. The van der Waals surface area contributed by atoms with Crippen LogP contribution in [-0.2, 0) is 18.3 Å². The second-order valence-corrected chi connectivity index (χ2v) is 22.2. The van der Waals surface area contributed by atoms with Crippen molar-refractivity contribution in [2.24, 2.45) is 0 Å². The maximum absolute atomic E-state index is 12.1. The molecule has 0 radical (unpaired) electrons. The third kappa shape index (κ3) is 5.67. The van der Waals surface area contributed by atoms with Gasteiger partial charge in [-0.25, -0.2) is 19.7 Å². The van der Waals surface area contributed by atoms with E-state index < -0.39 is 28.8 Å². The molecule has 2 aromatic heterocycles. The van der Waals surface area contributed by atoms with Crippen molar-refractivity contribution in [3.05, 3.63) is 12.2 Å². The highest BCUT2D eigenvalue weighted by atomic mass is 28.4. The minimum Gasteiger partial charge on any atom is -0.463 e. The minimum atomic E-state index is -2.09. The van der Waals surface area contributed by atoms with Gasteiger partial charge in [0.15, 0.2) is 28.1 Å². The second-order valence-electron chi connectivity index (χ2n) is 12.6. The largest absolute Gasteiger partial charge is 0.463 e. The van der Waals surface area contributed by atoms with Gasteiger partial charge in [0.1, 0.15) is 17.8 Å². The van der Waals surface area contributed by atoms with Crippen LogP contribution in [0.1, 0.15) is 64.8 Å². The molecule has 0 aliphatic carbocycles. The number of nitrogen functional groups attached to an aromatic ring is 1. The van der Waals surface area contributed by atoms with Gasteiger partial charge in [-0.15, -0.1) is 0 Å². The third-order valence-corrected chi connectivity index (χ3v) is 17.0. The SMILES string of the molecule is COC(=O)c1nc(N)c2ncn([C@H]3CC(O[Si](C)(C)C(C)(C)C)[C@@H](CO[Si](C)(C)C(C)(C)C)O3)c2n1. The Labute approximate surface area is 216 Å². The Morgan fingerprint density at radius 1 is 1.11 bits per heavy atom. The first-order valence-corrected chi connectivity index (χ1v) is 18.3. The van der Waals surface area contributed by atoms with Crippen LogP contribution in [0.5, 0.6) is 0 Å². The summed E-state index contributed by atoms with van der Waals surface area (Å²) in [5, 5.41) is 0.134. The van der Waals surface area contributed by atoms with Gasteiger partial charge in [0, 0.05) is 6.42 Å². The molecule has 0 amide bonds. The van der Waals surface area contributed by atoms with E-state index in [9.17, 15) is 4.79 Å². The molecule has 0 spiro atoms. The highest BCUT2D eigenvalue weighted by molar-refractivity contribution is 6.74. The smallest absolute Gasteiger partial charge is 0.376 e. The third-order valence-electron chi connectivity index (χ3n) is 7.97. The van der Waals surface area contributed by atoms with Gasteiger partial charge in [-0.05, 0) is 36.3 Å². The van der Waals surface area contributed by atoms with Crippen molar-refractivity contribution in [2.75, 3.05) is 19.5 Å². The van der Waals surface area contributed by atoms with Crippen molar-refractivity contribution in [3.63, 3.8) is 0 Å². The number of methoxy groups -OCH3 is 1. The summed E-state index contributed by atoms with van der Waals surface area (Å²) >= 11 is 0. The van der Waals surface area contributed by atoms with Crippen molar-refractivity contribution >= 4 is 39.6 Å². The number of fused-ring (bicyclic) bond motifs is 1. The van der Waals surface area contributed by atoms with E-state index in [0.29, 0.717) is 24.2 Å². The molecule has 10 nitrogen and oxygen atoms in total. The molecule has 0 bridgehead atoms. The average molecular weight is 538 g/mol. The Morgan fingerprint density at radius 2 is 1.72 bits per heavy atom. The van der Waals surface area contributed by atoms with Crippen LogP contribution in [0.25, 0.3) is 11.2 Å². The monoisotopic (exact) mass is 537 g/mol. The number of hydrogen-bond donors (Lipinski definition) is 1. The number of carbonyl (C=O) groups is 1. The van der Waals surface area contributed by atoms with E-state index in [1.807, 2.05) is 0 Å². The lowest BCUT2D eigenvalue weighted by molar-refractivity contribution is -0.0383. The summed E-state index contributed by atoms with van der Waals surface area (Å²) in [4.78, 5) is 24.9. The highest BCUT2D eigenvalue weighted by Crippen LogP contribution is 2.43. The quantitative estimate of drug-likeness (QED) is 0.388. The van der Waals surface area contributed by atoms with E-state index in [1.165, 1.54) is 7.11 Å². The standard InChI is InChI=1S/C24H43N5O5Si2/c1-23(2,3)35(8,9)32-13-16-15(34-36(10,11)24(4,5)6)12-17(33-16)29-14-26-18-19(25)27-20(22(30)31-7)28-21(18)29/h14-17H,12-13H2,1-11H3,(H2,25,27,28)/t15?,16-,17-/m1/s1. The van der Waals surface area contributed by atoms with Crippen molar-refractivity contribution in [2.45, 2.75) is 103 Å². The number of nitrogens with two attached hydrogens (primary N) is 1. The van der Waals surface area contributed by atoms with E-state index in [4.69, 9.17) is 24.1 Å². The summed E-state index contributed by atoms with van der Waals surface area (Å²) < 4.78 is 26.6. The Balaban J connectivity index is 1.95. The van der Waals surface area contributed by atoms with Crippen molar-refractivity contribution in [1.82, 2.24) is 19.5 Å². The van der Waals surface area contributed by atoms with Crippen LogP contribution in [0.3, 0.4) is 0 Å². The fourth-order valence-electron chi connectivity index (χ4n) is 3.54. The number of hydrogen-bond acceptors (Lipinski definition) is 9. The normalized spacial score (nSPS) is 21.8. The van der Waals surface area contributed by atoms with Gasteiger partial charge in [0.25, 0.3) is 0 Å². The molecule has 1 unspecified atom stereocenters. The van der Waals surface area contributed by atoms with Crippen molar-refractivity contribution in [1.29, 1.82) is 0 Å². The van der Waals surface area contributed by atoms with Gasteiger partial charge in [0.05, 0.1) is 26.1 Å². The Bertz CT molecular complexity index is 1110. The minimum absolute atomic E-state index is 0.0503. The zero-order chi connectivity index (χ0) is 27.3. The van der Waals surface area contributed by atoms with E-state index in [-0.39, 0.29) is 33.9 Å². The Hall–Kier alpha value is -1.87. The number of aromatic nitrogens is 4. The predicted octanol–water partition coefficient (Wildman–Crippen LogP) is 4.89. The summed E-state index contributed by atoms with van der Waals surface area (Å²) in [5.74, 6) is -0.665. The fraction of sp³-hybridized carbons (Fsp3) is 0.750. The van der Waals surface area contributed by atoms with Crippen LogP contribution >= 0.6 is 0 Å². The van der Waals surface area contributed by atoms with Crippen LogP contribution in [0.15, 0.2) is 6.33 Å². The summed E-state index contributed by atoms with van der Waals surface area (Å²) in [6, 6.07) is 0. The second kappa shape index (κ2) is 9.78. The number of ether oxygens (including phenoxy) is 2. The molecule has 3 heterocycles. The van der Waals surface area contributed by atoms with Crippen molar-refractivity contribution in [3.8, 4) is 0 Å². The van der Waals surface area contributed by atoms with Gasteiger partial charge in [0.2, 0.25) is 5.82 Å². The van der Waals surface area contributed by atoms with Gasteiger partial charge in [-0.3, -0.25) is 4.57 Å². The van der Waals surface area contributed by atoms with Crippen molar-refractivity contribution < 1.29 is 23.1 Å². The van der Waals surface area contributed by atoms with Gasteiger partial charge < -0.3 is 24.1 Å². The molecular weight excluding hydrogens is 494 g/mol. The summed E-state index contributed by atoms with van der Waals surface area (Å²) in [6.07, 6.45) is 1.41. The zero-order valence-electron chi connectivity index (χ0n) is 23.6. The van der Waals surface area contributed by atoms with Gasteiger partial charge in [-0.1, -0.05) is 41.5 Å². The number of anilines is 1. The topological polar surface area (TPSA) is 124 Å².